The quantitative estimate of drug-likeness (QED) is 0.894. The summed E-state index contributed by atoms with van der Waals surface area (Å²) in [4.78, 5) is 0. The highest BCUT2D eigenvalue weighted by atomic mass is 79.9. The van der Waals surface area contributed by atoms with Gasteiger partial charge in [0.05, 0.1) is 11.3 Å². The van der Waals surface area contributed by atoms with E-state index in [2.05, 4.69) is 27.3 Å². The summed E-state index contributed by atoms with van der Waals surface area (Å²) in [5.74, 6) is -0.228. The van der Waals surface area contributed by atoms with E-state index in [4.69, 9.17) is 5.26 Å². The van der Waals surface area contributed by atoms with E-state index in [9.17, 15) is 4.39 Å². The van der Waals surface area contributed by atoms with E-state index in [-0.39, 0.29) is 11.9 Å². The van der Waals surface area contributed by atoms with E-state index in [1.54, 1.807) is 18.2 Å². The highest BCUT2D eigenvalue weighted by Gasteiger charge is 2.08. The molecule has 4 heteroatoms. The number of nitrogens with zero attached hydrogens (tertiary/aromatic N) is 1. The maximum absolute atomic E-state index is 12.9. The highest BCUT2D eigenvalue weighted by Crippen LogP contribution is 2.21. The van der Waals surface area contributed by atoms with Crippen LogP contribution >= 0.6 is 15.9 Å². The average Bonchev–Trinajstić information content (AvgIpc) is 2.43. The minimum Gasteiger partial charge on any atom is -0.381 e. The molecule has 0 spiro atoms. The molecule has 0 bridgehead atoms. The first-order valence-corrected chi connectivity index (χ1v) is 7.08. The Labute approximate surface area is 126 Å². The Morgan fingerprint density at radius 3 is 2.60 bits per heavy atom. The summed E-state index contributed by atoms with van der Waals surface area (Å²) in [5.41, 5.74) is 2.47. The van der Waals surface area contributed by atoms with Gasteiger partial charge in [0.1, 0.15) is 11.9 Å². The van der Waals surface area contributed by atoms with Crippen molar-refractivity contribution in [2.75, 3.05) is 5.32 Å². The molecule has 1 unspecified atom stereocenters. The third-order valence-electron chi connectivity index (χ3n) is 2.96. The Morgan fingerprint density at radius 1 is 1.25 bits per heavy atom. The summed E-state index contributed by atoms with van der Waals surface area (Å²) in [5, 5.41) is 12.4. The lowest BCUT2D eigenvalue weighted by Gasteiger charge is -2.16. The largest absolute Gasteiger partial charge is 0.381 e. The van der Waals surface area contributed by atoms with Crippen LogP contribution in [-0.2, 0) is 6.42 Å². The molecule has 20 heavy (non-hydrogen) atoms. The van der Waals surface area contributed by atoms with Gasteiger partial charge in [0.2, 0.25) is 0 Å². The van der Waals surface area contributed by atoms with Crippen molar-refractivity contribution in [2.45, 2.75) is 19.4 Å². The van der Waals surface area contributed by atoms with Gasteiger partial charge >= 0.3 is 0 Å². The van der Waals surface area contributed by atoms with Crippen LogP contribution in [0.2, 0.25) is 0 Å². The Balaban J connectivity index is 2.06. The second kappa shape index (κ2) is 6.53. The molecule has 2 rings (SSSR count). The van der Waals surface area contributed by atoms with Gasteiger partial charge in [-0.2, -0.15) is 5.26 Å². The SMILES string of the molecule is CC(Cc1ccc(F)cc1)Nc1ccc(Br)cc1C#N. The van der Waals surface area contributed by atoms with Crippen LogP contribution in [0.3, 0.4) is 0 Å². The number of nitriles is 1. The lowest BCUT2D eigenvalue weighted by atomic mass is 10.1. The first-order valence-electron chi connectivity index (χ1n) is 6.29. The monoisotopic (exact) mass is 332 g/mol. The van der Waals surface area contributed by atoms with Gasteiger partial charge in [-0.1, -0.05) is 28.1 Å². The van der Waals surface area contributed by atoms with Crippen LogP contribution in [0.25, 0.3) is 0 Å². The molecule has 0 fully saturated rings. The van der Waals surface area contributed by atoms with Crippen LogP contribution in [0.1, 0.15) is 18.1 Å². The molecule has 0 saturated carbocycles. The molecule has 2 aromatic rings. The number of benzene rings is 2. The number of nitrogens with one attached hydrogen (secondary N) is 1. The zero-order valence-corrected chi connectivity index (χ0v) is 12.6. The van der Waals surface area contributed by atoms with Gasteiger partial charge < -0.3 is 5.32 Å². The standard InChI is InChI=1S/C16H14BrFN2/c1-11(8-12-2-5-15(18)6-3-12)20-16-7-4-14(17)9-13(16)10-19/h2-7,9,11,20H,8H2,1H3. The van der Waals surface area contributed by atoms with Crippen LogP contribution < -0.4 is 5.32 Å². The molecule has 0 radical (unpaired) electrons. The van der Waals surface area contributed by atoms with Gasteiger partial charge in [0, 0.05) is 10.5 Å². The Kier molecular flexibility index (Phi) is 4.75. The first-order chi connectivity index (χ1) is 9.58. The van der Waals surface area contributed by atoms with Crippen molar-refractivity contribution in [3.8, 4) is 6.07 Å². The second-order valence-electron chi connectivity index (χ2n) is 4.68. The van der Waals surface area contributed by atoms with Crippen LogP contribution in [0.4, 0.5) is 10.1 Å². The van der Waals surface area contributed by atoms with Gasteiger partial charge in [-0.25, -0.2) is 4.39 Å². The predicted octanol–water partition coefficient (Wildman–Crippen LogP) is 4.50. The first kappa shape index (κ1) is 14.5. The molecular weight excluding hydrogens is 319 g/mol. The van der Waals surface area contributed by atoms with Crippen molar-refractivity contribution in [3.05, 3.63) is 63.9 Å². The molecule has 1 atom stereocenters. The van der Waals surface area contributed by atoms with Crippen molar-refractivity contribution in [1.29, 1.82) is 5.26 Å². The van der Waals surface area contributed by atoms with Crippen molar-refractivity contribution in [1.82, 2.24) is 0 Å². The number of halogens is 2. The zero-order valence-electron chi connectivity index (χ0n) is 11.0. The van der Waals surface area contributed by atoms with Gasteiger partial charge in [-0.15, -0.1) is 0 Å². The summed E-state index contributed by atoms with van der Waals surface area (Å²) in [6.07, 6.45) is 0.765. The molecule has 0 aliphatic heterocycles. The molecule has 0 aromatic heterocycles. The molecule has 0 aliphatic rings. The van der Waals surface area contributed by atoms with Gasteiger partial charge in [-0.3, -0.25) is 0 Å². The fourth-order valence-corrected chi connectivity index (χ4v) is 2.39. The van der Waals surface area contributed by atoms with Crippen molar-refractivity contribution in [2.24, 2.45) is 0 Å². The Hall–Kier alpha value is -1.86. The van der Waals surface area contributed by atoms with E-state index in [0.717, 1.165) is 22.1 Å². The minimum atomic E-state index is -0.228. The molecule has 1 N–H and O–H groups in total. The van der Waals surface area contributed by atoms with E-state index in [0.29, 0.717) is 5.56 Å². The van der Waals surface area contributed by atoms with Crippen LogP contribution in [0.5, 0.6) is 0 Å². The van der Waals surface area contributed by atoms with Crippen molar-refractivity contribution < 1.29 is 4.39 Å². The number of anilines is 1. The van der Waals surface area contributed by atoms with Gasteiger partial charge in [-0.05, 0) is 49.2 Å². The van der Waals surface area contributed by atoms with E-state index in [1.165, 1.54) is 12.1 Å². The molecule has 102 valence electrons. The zero-order chi connectivity index (χ0) is 14.5. The van der Waals surface area contributed by atoms with Crippen LogP contribution in [0.15, 0.2) is 46.9 Å². The van der Waals surface area contributed by atoms with Crippen LogP contribution in [-0.4, -0.2) is 6.04 Å². The normalized spacial score (nSPS) is 11.7. The highest BCUT2D eigenvalue weighted by molar-refractivity contribution is 9.10. The Morgan fingerprint density at radius 2 is 1.95 bits per heavy atom. The summed E-state index contributed by atoms with van der Waals surface area (Å²) in [7, 11) is 0. The minimum absolute atomic E-state index is 0.147. The third-order valence-corrected chi connectivity index (χ3v) is 3.45. The Bertz CT molecular complexity index is 632. The smallest absolute Gasteiger partial charge is 0.123 e. The van der Waals surface area contributed by atoms with E-state index < -0.39 is 0 Å². The van der Waals surface area contributed by atoms with Gasteiger partial charge in [0.25, 0.3) is 0 Å². The third kappa shape index (κ3) is 3.82. The molecule has 0 heterocycles. The molecule has 2 nitrogen and oxygen atoms in total. The molecule has 0 saturated heterocycles. The van der Waals surface area contributed by atoms with Gasteiger partial charge in [0.15, 0.2) is 0 Å². The maximum Gasteiger partial charge on any atom is 0.123 e. The summed E-state index contributed by atoms with van der Waals surface area (Å²) >= 11 is 3.35. The second-order valence-corrected chi connectivity index (χ2v) is 5.59. The van der Waals surface area contributed by atoms with Crippen molar-refractivity contribution in [3.63, 3.8) is 0 Å². The predicted molar refractivity (Wildman–Crippen MR) is 82.0 cm³/mol. The van der Waals surface area contributed by atoms with E-state index >= 15 is 0 Å². The lowest BCUT2D eigenvalue weighted by molar-refractivity contribution is 0.626. The molecule has 2 aromatic carbocycles. The maximum atomic E-state index is 12.9. The molecule has 0 amide bonds. The fourth-order valence-electron chi connectivity index (χ4n) is 2.03. The topological polar surface area (TPSA) is 35.8 Å². The van der Waals surface area contributed by atoms with E-state index in [1.807, 2.05) is 19.1 Å². The van der Waals surface area contributed by atoms with Crippen molar-refractivity contribution >= 4 is 21.6 Å². The lowest BCUT2D eigenvalue weighted by Crippen LogP contribution is -2.18. The molecule has 0 aliphatic carbocycles. The number of hydrogen-bond donors (Lipinski definition) is 1. The van der Waals surface area contributed by atoms with Crippen LogP contribution in [0, 0.1) is 17.1 Å². The number of hydrogen-bond acceptors (Lipinski definition) is 2. The summed E-state index contributed by atoms with van der Waals surface area (Å²) in [6.45, 7) is 2.03. The number of rotatable bonds is 4. The summed E-state index contributed by atoms with van der Waals surface area (Å²) < 4.78 is 13.7. The molecular formula is C16H14BrFN2. The average molecular weight is 333 g/mol. The summed E-state index contributed by atoms with van der Waals surface area (Å²) in [6, 6.07) is 14.4. The fraction of sp³-hybridized carbons (Fsp3) is 0.188.